The fourth-order valence-corrected chi connectivity index (χ4v) is 5.76. The van der Waals surface area contributed by atoms with Crippen LogP contribution in [0.1, 0.15) is 88.5 Å². The minimum atomic E-state index is -4.11. The van der Waals surface area contributed by atoms with E-state index in [1.807, 2.05) is 0 Å². The van der Waals surface area contributed by atoms with Gasteiger partial charge in [0, 0.05) is 26.2 Å². The molecule has 0 bridgehead atoms. The van der Waals surface area contributed by atoms with E-state index < -0.39 is 74.9 Å². The Bertz CT molecular complexity index is 1600. The van der Waals surface area contributed by atoms with Crippen LogP contribution < -0.4 is 26.1 Å². The number of benzene rings is 1. The lowest BCUT2D eigenvalue weighted by molar-refractivity contribution is -0.150. The maximum atomic E-state index is 13.8. The first-order valence-corrected chi connectivity index (χ1v) is 19.0. The van der Waals surface area contributed by atoms with Crippen molar-refractivity contribution in [2.45, 2.75) is 128 Å². The quantitative estimate of drug-likeness (QED) is 0.0801. The van der Waals surface area contributed by atoms with Crippen LogP contribution in [0.15, 0.2) is 45.3 Å². The number of sulfonamides is 1. The van der Waals surface area contributed by atoms with Crippen LogP contribution in [0.5, 0.6) is 0 Å². The number of hydrogen-bond donors (Lipinski definition) is 5. The number of ether oxygens (including phenoxy) is 3. The highest BCUT2D eigenvalue weighted by Crippen LogP contribution is 2.21. The van der Waals surface area contributed by atoms with E-state index >= 15 is 0 Å². The Balaban J connectivity index is 2.19. The van der Waals surface area contributed by atoms with E-state index in [0.717, 1.165) is 0 Å². The Morgan fingerprint density at radius 2 is 1.48 bits per heavy atom. The number of guanidine groups is 1. The average molecular weight is 781 g/mol. The van der Waals surface area contributed by atoms with Crippen LogP contribution in [-0.2, 0) is 38.6 Å². The second kappa shape index (κ2) is 19.6. The number of rotatable bonds is 14. The topological polar surface area (TPSA) is 235 Å². The standard InChI is InChI=1S/C35H56N8O10S/c1-23(44)41-37-21-24(15-14-19-36-30(39-31(47)52-34(5,6)7)40-32(48)53-35(8,9)10)38-28(45)27-18-20-43(27)29(46)26(22-51-33(2,3)4)42-54(49,50)25-16-12-11-13-17-25/h11-13,16-17,21,24,26-27,42H,14-15,18-20,22H2,1-10H3,(H,38,45)(H,41,44)(H2,36,39,40,47,48)/b37-21+. The lowest BCUT2D eigenvalue weighted by Gasteiger charge is -2.42. The van der Waals surface area contributed by atoms with Crippen molar-refractivity contribution in [2.24, 2.45) is 10.1 Å². The van der Waals surface area contributed by atoms with Gasteiger partial charge in [0.15, 0.2) is 0 Å². The summed E-state index contributed by atoms with van der Waals surface area (Å²) >= 11 is 0. The molecule has 19 heteroatoms. The van der Waals surface area contributed by atoms with Crippen LogP contribution in [0.2, 0.25) is 0 Å². The number of hydrazone groups is 1. The second-order valence-corrected chi connectivity index (χ2v) is 17.1. The van der Waals surface area contributed by atoms with Gasteiger partial charge < -0.3 is 24.4 Å². The van der Waals surface area contributed by atoms with Crippen LogP contribution in [0.4, 0.5) is 9.59 Å². The summed E-state index contributed by atoms with van der Waals surface area (Å²) < 4.78 is 45.1. The Hall–Kier alpha value is -4.62. The molecule has 1 fully saturated rings. The van der Waals surface area contributed by atoms with Crippen molar-refractivity contribution >= 4 is 52.1 Å². The number of hydrogen-bond acceptors (Lipinski definition) is 12. The Kier molecular flexibility index (Phi) is 16.6. The number of aliphatic imine (C=N–C) groups is 1. The third-order valence-corrected chi connectivity index (χ3v) is 8.41. The molecule has 1 heterocycles. The molecule has 1 aromatic carbocycles. The molecule has 5 amide bonds. The zero-order chi connectivity index (χ0) is 40.9. The number of carbonyl (C=O) groups is 5. The molecule has 0 saturated carbocycles. The summed E-state index contributed by atoms with van der Waals surface area (Å²) in [6.45, 7) is 16.6. The summed E-state index contributed by atoms with van der Waals surface area (Å²) in [4.78, 5) is 69.1. The Labute approximate surface area is 317 Å². The van der Waals surface area contributed by atoms with E-state index in [9.17, 15) is 32.4 Å². The molecule has 5 N–H and O–H groups in total. The highest BCUT2D eigenvalue weighted by Gasteiger charge is 2.42. The molecule has 3 atom stereocenters. The summed E-state index contributed by atoms with van der Waals surface area (Å²) in [6, 6.07) is 4.59. The fourth-order valence-electron chi connectivity index (χ4n) is 4.56. The van der Waals surface area contributed by atoms with Crippen LogP contribution in [-0.4, -0.2) is 110 Å². The van der Waals surface area contributed by atoms with Crippen molar-refractivity contribution in [3.05, 3.63) is 30.3 Å². The normalized spacial score (nSPS) is 16.0. The highest BCUT2D eigenvalue weighted by atomic mass is 32.2. The van der Waals surface area contributed by atoms with Crippen LogP contribution in [0, 0.1) is 0 Å². The van der Waals surface area contributed by atoms with Crippen LogP contribution >= 0.6 is 0 Å². The molecule has 1 aromatic rings. The molecule has 54 heavy (non-hydrogen) atoms. The van der Waals surface area contributed by atoms with Crippen LogP contribution in [0.3, 0.4) is 0 Å². The van der Waals surface area contributed by atoms with Gasteiger partial charge in [0.1, 0.15) is 23.3 Å². The average Bonchev–Trinajstić information content (AvgIpc) is 2.98. The zero-order valence-corrected chi connectivity index (χ0v) is 33.6. The number of nitrogens with one attached hydrogen (secondary N) is 5. The maximum Gasteiger partial charge on any atom is 0.414 e. The van der Waals surface area contributed by atoms with Crippen molar-refractivity contribution in [3.63, 3.8) is 0 Å². The minimum absolute atomic E-state index is 0.0320. The zero-order valence-electron chi connectivity index (χ0n) is 32.8. The molecule has 0 radical (unpaired) electrons. The Morgan fingerprint density at radius 3 is 1.96 bits per heavy atom. The third-order valence-electron chi connectivity index (χ3n) is 6.92. The minimum Gasteiger partial charge on any atom is -0.444 e. The van der Waals surface area contributed by atoms with Crippen molar-refractivity contribution < 1.29 is 46.6 Å². The van der Waals surface area contributed by atoms with Gasteiger partial charge in [-0.15, -0.1) is 0 Å². The molecule has 302 valence electrons. The van der Waals surface area contributed by atoms with Gasteiger partial charge >= 0.3 is 12.2 Å². The lowest BCUT2D eigenvalue weighted by atomic mass is 9.99. The molecule has 0 aromatic heterocycles. The van der Waals surface area contributed by atoms with Gasteiger partial charge in [0.05, 0.1) is 23.1 Å². The molecule has 1 aliphatic rings. The number of amides is 5. The molecule has 1 aliphatic heterocycles. The number of alkyl carbamates (subject to hydrolysis) is 2. The first-order valence-electron chi connectivity index (χ1n) is 17.5. The monoisotopic (exact) mass is 780 g/mol. The molecule has 18 nitrogen and oxygen atoms in total. The predicted molar refractivity (Wildman–Crippen MR) is 201 cm³/mol. The third kappa shape index (κ3) is 17.5. The van der Waals surface area contributed by atoms with Gasteiger partial charge in [-0.1, -0.05) is 18.2 Å². The summed E-state index contributed by atoms with van der Waals surface area (Å²) in [5, 5.41) is 11.5. The first kappa shape index (κ1) is 45.5. The van der Waals surface area contributed by atoms with Gasteiger partial charge in [-0.3, -0.25) is 30.0 Å². The maximum absolute atomic E-state index is 13.8. The molecular weight excluding hydrogens is 724 g/mol. The molecule has 0 aliphatic carbocycles. The summed E-state index contributed by atoms with van der Waals surface area (Å²) in [5.41, 5.74) is -0.0483. The first-order chi connectivity index (χ1) is 24.8. The summed E-state index contributed by atoms with van der Waals surface area (Å²) in [7, 11) is -4.11. The van der Waals surface area contributed by atoms with E-state index in [1.54, 1.807) is 80.5 Å². The largest absolute Gasteiger partial charge is 0.444 e. The van der Waals surface area contributed by atoms with E-state index in [-0.39, 0.29) is 43.4 Å². The van der Waals surface area contributed by atoms with Gasteiger partial charge in [-0.2, -0.15) is 9.82 Å². The van der Waals surface area contributed by atoms with Crippen molar-refractivity contribution in [2.75, 3.05) is 19.7 Å². The SMILES string of the molecule is CC(=O)N/N=C/C(CCCN=C(NC(=O)OC(C)(C)C)NC(=O)OC(C)(C)C)NC(=O)C1CCN1C(=O)C(COC(C)(C)C)NS(=O)(=O)c1ccccc1. The molecule has 2 rings (SSSR count). The van der Waals surface area contributed by atoms with Gasteiger partial charge in [-0.05, 0) is 93.7 Å². The summed E-state index contributed by atoms with van der Waals surface area (Å²) in [6.07, 6.45) is 0.429. The fraction of sp³-hybridized carbons (Fsp3) is 0.629. The Morgan fingerprint density at radius 1 is 0.907 bits per heavy atom. The molecule has 3 unspecified atom stereocenters. The lowest BCUT2D eigenvalue weighted by Crippen LogP contribution is -2.64. The van der Waals surface area contributed by atoms with E-state index in [1.165, 1.54) is 30.2 Å². The highest BCUT2D eigenvalue weighted by molar-refractivity contribution is 7.89. The smallest absolute Gasteiger partial charge is 0.414 e. The van der Waals surface area contributed by atoms with E-state index in [0.29, 0.717) is 6.42 Å². The van der Waals surface area contributed by atoms with Crippen molar-refractivity contribution in [1.29, 1.82) is 0 Å². The molecular formula is C35H56N8O10S. The predicted octanol–water partition coefficient (Wildman–Crippen LogP) is 2.54. The van der Waals surface area contributed by atoms with Crippen molar-refractivity contribution in [3.8, 4) is 0 Å². The number of likely N-dealkylation sites (tertiary alicyclic amines) is 1. The molecule has 1 saturated heterocycles. The summed E-state index contributed by atoms with van der Waals surface area (Å²) in [5.74, 6) is -1.82. The number of nitrogens with zero attached hydrogens (tertiary/aromatic N) is 3. The van der Waals surface area contributed by atoms with Gasteiger partial charge in [0.25, 0.3) is 0 Å². The number of carbonyl (C=O) groups excluding carboxylic acids is 5. The van der Waals surface area contributed by atoms with Gasteiger partial charge in [-0.25, -0.2) is 23.4 Å². The van der Waals surface area contributed by atoms with Crippen molar-refractivity contribution in [1.82, 2.24) is 31.0 Å². The van der Waals surface area contributed by atoms with E-state index in [4.69, 9.17) is 14.2 Å². The van der Waals surface area contributed by atoms with E-state index in [2.05, 4.69) is 36.2 Å². The van der Waals surface area contributed by atoms with Crippen LogP contribution in [0.25, 0.3) is 0 Å². The molecule has 0 spiro atoms. The second-order valence-electron chi connectivity index (χ2n) is 15.4. The van der Waals surface area contributed by atoms with Gasteiger partial charge in [0.2, 0.25) is 33.7 Å².